The topological polar surface area (TPSA) is 169 Å². The second kappa shape index (κ2) is 35.3. The Morgan fingerprint density at radius 2 is 1.28 bits per heavy atom. The summed E-state index contributed by atoms with van der Waals surface area (Å²) in [6.07, 6.45) is 32.7. The van der Waals surface area contributed by atoms with Gasteiger partial charge in [0.1, 0.15) is 12.7 Å². The highest BCUT2D eigenvalue weighted by molar-refractivity contribution is 7.47. The van der Waals surface area contributed by atoms with Gasteiger partial charge in [-0.05, 0) is 50.9 Å². The molecule has 0 amide bonds. The first-order chi connectivity index (χ1) is 25.5. The number of rotatable bonds is 35. The Morgan fingerprint density at radius 3 is 1.94 bits per heavy atom. The molecule has 0 aliphatic carbocycles. The van der Waals surface area contributed by atoms with Crippen molar-refractivity contribution in [3.05, 3.63) is 60.8 Å². The first-order valence-corrected chi connectivity index (χ1v) is 21.2. The molecule has 53 heavy (non-hydrogen) atoms. The molecule has 0 aliphatic rings. The normalized spacial score (nSPS) is 15.3. The molecule has 4 N–H and O–H groups in total. The molecular formula is C41H71O11P. The number of aliphatic hydroxyl groups is 3. The van der Waals surface area contributed by atoms with Crippen LogP contribution in [0.3, 0.4) is 0 Å². The third-order valence-corrected chi connectivity index (χ3v) is 8.89. The summed E-state index contributed by atoms with van der Waals surface area (Å²) in [5.41, 5.74) is 0. The fourth-order valence-corrected chi connectivity index (χ4v) is 5.67. The second-order valence-corrected chi connectivity index (χ2v) is 15.1. The van der Waals surface area contributed by atoms with Gasteiger partial charge in [-0.2, -0.15) is 0 Å². The van der Waals surface area contributed by atoms with E-state index in [9.17, 15) is 29.3 Å². The van der Waals surface area contributed by atoms with Crippen LogP contribution in [0.5, 0.6) is 0 Å². The van der Waals surface area contributed by atoms with E-state index in [2.05, 4.69) is 30.5 Å². The molecule has 0 bridgehead atoms. The van der Waals surface area contributed by atoms with Crippen LogP contribution in [0, 0.1) is 5.92 Å². The lowest BCUT2D eigenvalue weighted by molar-refractivity contribution is -0.161. The van der Waals surface area contributed by atoms with Crippen LogP contribution >= 0.6 is 7.82 Å². The van der Waals surface area contributed by atoms with Crippen molar-refractivity contribution in [2.24, 2.45) is 5.92 Å². The largest absolute Gasteiger partial charge is 0.472 e. The number of aliphatic hydroxyl groups excluding tert-OH is 3. The van der Waals surface area contributed by atoms with E-state index in [4.69, 9.17) is 19.1 Å². The zero-order valence-corrected chi connectivity index (χ0v) is 33.6. The minimum Gasteiger partial charge on any atom is -0.462 e. The van der Waals surface area contributed by atoms with Crippen molar-refractivity contribution in [3.63, 3.8) is 0 Å². The Bertz CT molecular complexity index is 1100. The molecule has 0 aliphatic heterocycles. The van der Waals surface area contributed by atoms with Crippen molar-refractivity contribution in [2.45, 2.75) is 155 Å². The van der Waals surface area contributed by atoms with Crippen molar-refractivity contribution in [2.75, 3.05) is 26.4 Å². The van der Waals surface area contributed by atoms with Crippen molar-refractivity contribution in [1.82, 2.24) is 0 Å². The lowest BCUT2D eigenvalue weighted by Gasteiger charge is -2.20. The van der Waals surface area contributed by atoms with Gasteiger partial charge in [0.05, 0.1) is 25.9 Å². The number of hydrogen-bond donors (Lipinski definition) is 4. The molecule has 0 radical (unpaired) electrons. The summed E-state index contributed by atoms with van der Waals surface area (Å²) < 4.78 is 32.5. The molecule has 0 aromatic rings. The van der Waals surface area contributed by atoms with Crippen LogP contribution in [0.2, 0.25) is 0 Å². The van der Waals surface area contributed by atoms with Crippen LogP contribution in [-0.2, 0) is 32.7 Å². The molecule has 0 spiro atoms. The molecule has 12 heteroatoms. The lowest BCUT2D eigenvalue weighted by atomic mass is 10.0. The summed E-state index contributed by atoms with van der Waals surface area (Å²) in [6.45, 7) is 4.32. The highest BCUT2D eigenvalue weighted by atomic mass is 31.2. The number of esters is 2. The van der Waals surface area contributed by atoms with Gasteiger partial charge in [-0.3, -0.25) is 18.6 Å². The zero-order chi connectivity index (χ0) is 39.4. The molecule has 0 saturated heterocycles. The molecule has 0 fully saturated rings. The van der Waals surface area contributed by atoms with Crippen molar-refractivity contribution >= 4 is 19.8 Å². The van der Waals surface area contributed by atoms with Gasteiger partial charge in [0, 0.05) is 12.8 Å². The lowest BCUT2D eigenvalue weighted by Crippen LogP contribution is -2.29. The smallest absolute Gasteiger partial charge is 0.462 e. The number of hydrogen-bond acceptors (Lipinski definition) is 10. The average molecular weight is 771 g/mol. The van der Waals surface area contributed by atoms with Gasteiger partial charge in [-0.25, -0.2) is 4.57 Å². The molecule has 11 nitrogen and oxygen atoms in total. The predicted octanol–water partition coefficient (Wildman–Crippen LogP) is 8.77. The summed E-state index contributed by atoms with van der Waals surface area (Å²) in [4.78, 5) is 34.8. The fourth-order valence-electron chi connectivity index (χ4n) is 4.88. The maximum atomic E-state index is 12.5. The number of ether oxygens (including phenoxy) is 2. The van der Waals surface area contributed by atoms with Crippen LogP contribution in [0.1, 0.15) is 136 Å². The van der Waals surface area contributed by atoms with E-state index in [0.29, 0.717) is 25.7 Å². The average Bonchev–Trinajstić information content (AvgIpc) is 3.12. The van der Waals surface area contributed by atoms with Gasteiger partial charge >= 0.3 is 19.8 Å². The third kappa shape index (κ3) is 36.4. The van der Waals surface area contributed by atoms with E-state index in [1.807, 2.05) is 49.5 Å². The minimum absolute atomic E-state index is 0.143. The standard InChI is InChI=1S/C41H71O11P/c1-4-5-28-37(43)29-24-20-16-12-8-6-7-9-13-17-21-25-30-40(45)49-34-39(35-51-53(47,48)50-33-38(44)32-42)52-41(46)31-26-22-18-14-10-11-15-19-23-27-36(2)3/h5-7,12-13,16-17,20,24,28,36-39,42-44H,4,8-11,14-15,18-19,21-23,25-27,29-35H2,1-3H3,(H,47,48)/b7-6-,16-12-,17-13-,24-20+,28-5-/t37?,38-,39+/m0/s1. The van der Waals surface area contributed by atoms with Crippen LogP contribution in [-0.4, -0.2) is 76.9 Å². The maximum Gasteiger partial charge on any atom is 0.472 e. The van der Waals surface area contributed by atoms with Crippen molar-refractivity contribution in [3.8, 4) is 0 Å². The van der Waals surface area contributed by atoms with Gasteiger partial charge in [0.25, 0.3) is 0 Å². The summed E-state index contributed by atoms with van der Waals surface area (Å²) in [5.74, 6) is -0.260. The second-order valence-electron chi connectivity index (χ2n) is 13.6. The molecule has 0 rings (SSSR count). The Labute approximate surface area is 319 Å². The first-order valence-electron chi connectivity index (χ1n) is 19.7. The molecule has 4 atom stereocenters. The Hall–Kier alpha value is -2.37. The van der Waals surface area contributed by atoms with Crippen molar-refractivity contribution < 1.29 is 52.9 Å². The Morgan fingerprint density at radius 1 is 0.698 bits per heavy atom. The fraction of sp³-hybridized carbons (Fsp3) is 0.707. The van der Waals surface area contributed by atoms with Crippen LogP contribution in [0.15, 0.2) is 60.8 Å². The molecule has 0 heterocycles. The number of carbonyl (C=O) groups excluding carboxylic acids is 2. The van der Waals surface area contributed by atoms with Gasteiger partial charge in [0.2, 0.25) is 0 Å². The van der Waals surface area contributed by atoms with Crippen LogP contribution in [0.4, 0.5) is 0 Å². The zero-order valence-electron chi connectivity index (χ0n) is 32.7. The van der Waals surface area contributed by atoms with Gasteiger partial charge < -0.3 is 29.7 Å². The number of carbonyl (C=O) groups is 2. The van der Waals surface area contributed by atoms with Gasteiger partial charge in [-0.1, -0.05) is 139 Å². The maximum absolute atomic E-state index is 12.5. The molecule has 0 aromatic carbocycles. The summed E-state index contributed by atoms with van der Waals surface area (Å²) in [5, 5.41) is 28.0. The molecule has 2 unspecified atom stereocenters. The van der Waals surface area contributed by atoms with Gasteiger partial charge in [0.15, 0.2) is 6.10 Å². The van der Waals surface area contributed by atoms with E-state index in [1.165, 1.54) is 38.5 Å². The highest BCUT2D eigenvalue weighted by Crippen LogP contribution is 2.43. The highest BCUT2D eigenvalue weighted by Gasteiger charge is 2.27. The Balaban J connectivity index is 4.48. The summed E-state index contributed by atoms with van der Waals surface area (Å²) >= 11 is 0. The summed E-state index contributed by atoms with van der Waals surface area (Å²) in [6, 6.07) is 0. The van der Waals surface area contributed by atoms with Gasteiger partial charge in [-0.15, -0.1) is 0 Å². The van der Waals surface area contributed by atoms with E-state index < -0.39 is 57.9 Å². The number of unbranched alkanes of at least 4 members (excludes halogenated alkanes) is 9. The molecule has 0 saturated carbocycles. The van der Waals surface area contributed by atoms with Crippen molar-refractivity contribution in [1.29, 1.82) is 0 Å². The quantitative estimate of drug-likeness (QED) is 0.0160. The Kier molecular flexibility index (Phi) is 33.8. The third-order valence-electron chi connectivity index (χ3n) is 7.94. The summed E-state index contributed by atoms with van der Waals surface area (Å²) in [7, 11) is -4.64. The SMILES string of the molecule is CC/C=C\C(O)C/C=C/C=C\C/C=C\C/C=C\CCCC(=O)OC[C@H](COP(=O)(O)OC[C@@H](O)CO)OC(=O)CCCCCCCCCCCC(C)C. The number of allylic oxidation sites excluding steroid dienone is 8. The van der Waals surface area contributed by atoms with E-state index in [1.54, 1.807) is 6.08 Å². The van der Waals surface area contributed by atoms with Crippen LogP contribution < -0.4 is 0 Å². The van der Waals surface area contributed by atoms with Crippen LogP contribution in [0.25, 0.3) is 0 Å². The first kappa shape index (κ1) is 50.6. The van der Waals surface area contributed by atoms with E-state index in [-0.39, 0.29) is 19.4 Å². The van der Waals surface area contributed by atoms with E-state index >= 15 is 0 Å². The van der Waals surface area contributed by atoms with E-state index in [0.717, 1.165) is 44.4 Å². The minimum atomic E-state index is -4.64. The number of phosphoric acid groups is 1. The monoisotopic (exact) mass is 770 g/mol. The molecule has 306 valence electrons. The molecular weight excluding hydrogens is 699 g/mol. The predicted molar refractivity (Wildman–Crippen MR) is 211 cm³/mol. The molecule has 0 aromatic heterocycles. The number of phosphoric ester groups is 1.